The van der Waals surface area contributed by atoms with Crippen molar-refractivity contribution in [3.63, 3.8) is 0 Å². The summed E-state index contributed by atoms with van der Waals surface area (Å²) in [7, 11) is 0. The van der Waals surface area contributed by atoms with E-state index in [1.54, 1.807) is 0 Å². The van der Waals surface area contributed by atoms with Crippen LogP contribution in [0.4, 0.5) is 0 Å². The molecule has 0 aliphatic heterocycles. The third kappa shape index (κ3) is 1.46. The quantitative estimate of drug-likeness (QED) is 0.760. The second-order valence-corrected chi connectivity index (χ2v) is 4.45. The van der Waals surface area contributed by atoms with Crippen LogP contribution in [0.15, 0.2) is 18.2 Å². The number of aliphatic hydroxyl groups excluding tert-OH is 1. The van der Waals surface area contributed by atoms with E-state index in [-0.39, 0.29) is 0 Å². The highest BCUT2D eigenvalue weighted by Crippen LogP contribution is 2.39. The molecule has 0 saturated heterocycles. The first-order valence-corrected chi connectivity index (χ1v) is 5.43. The molecule has 76 valence electrons. The first-order chi connectivity index (χ1) is 6.74. The molecule has 2 rings (SSSR count). The van der Waals surface area contributed by atoms with Crippen molar-refractivity contribution in [3.05, 3.63) is 34.9 Å². The first kappa shape index (κ1) is 9.72. The van der Waals surface area contributed by atoms with Gasteiger partial charge < -0.3 is 5.11 Å². The third-order valence-corrected chi connectivity index (χ3v) is 3.53. The standard InChI is InChI=1S/C13H18O/c1-9-4-3-5-13-11(9)6-7-12(13)10(2)8-14/h3-5,10,12,14H,6-8H2,1-2H3. The zero-order valence-corrected chi connectivity index (χ0v) is 8.96. The summed E-state index contributed by atoms with van der Waals surface area (Å²) in [6.45, 7) is 4.63. The molecule has 2 unspecified atom stereocenters. The van der Waals surface area contributed by atoms with Gasteiger partial charge in [-0.25, -0.2) is 0 Å². The van der Waals surface area contributed by atoms with Crippen LogP contribution in [0, 0.1) is 12.8 Å². The van der Waals surface area contributed by atoms with Crippen molar-refractivity contribution < 1.29 is 5.11 Å². The van der Waals surface area contributed by atoms with E-state index in [9.17, 15) is 5.11 Å². The number of aliphatic hydroxyl groups is 1. The second-order valence-electron chi connectivity index (χ2n) is 4.45. The largest absolute Gasteiger partial charge is 0.396 e. The normalized spacial score (nSPS) is 22.1. The Morgan fingerprint density at radius 3 is 3.00 bits per heavy atom. The van der Waals surface area contributed by atoms with Gasteiger partial charge in [-0.15, -0.1) is 0 Å². The lowest BCUT2D eigenvalue weighted by Crippen LogP contribution is -2.10. The molecule has 1 aliphatic rings. The Morgan fingerprint density at radius 1 is 1.50 bits per heavy atom. The summed E-state index contributed by atoms with van der Waals surface area (Å²) >= 11 is 0. The number of hydrogen-bond acceptors (Lipinski definition) is 1. The minimum Gasteiger partial charge on any atom is -0.396 e. The summed E-state index contributed by atoms with van der Waals surface area (Å²) in [6, 6.07) is 6.55. The Kier molecular flexibility index (Phi) is 2.60. The summed E-state index contributed by atoms with van der Waals surface area (Å²) in [5.41, 5.74) is 4.42. The zero-order chi connectivity index (χ0) is 10.1. The fourth-order valence-electron chi connectivity index (χ4n) is 2.59. The molecule has 0 bridgehead atoms. The molecule has 14 heavy (non-hydrogen) atoms. The van der Waals surface area contributed by atoms with Crippen LogP contribution in [-0.2, 0) is 6.42 Å². The monoisotopic (exact) mass is 190 g/mol. The topological polar surface area (TPSA) is 20.2 Å². The number of aryl methyl sites for hydroxylation is 1. The maximum atomic E-state index is 9.19. The van der Waals surface area contributed by atoms with Gasteiger partial charge in [-0.2, -0.15) is 0 Å². The van der Waals surface area contributed by atoms with E-state index in [0.717, 1.165) is 0 Å². The van der Waals surface area contributed by atoms with Gasteiger partial charge in [0.15, 0.2) is 0 Å². The van der Waals surface area contributed by atoms with E-state index in [4.69, 9.17) is 0 Å². The molecule has 0 saturated carbocycles. The molecule has 1 aromatic rings. The highest BCUT2D eigenvalue weighted by atomic mass is 16.3. The molecule has 1 N–H and O–H groups in total. The summed E-state index contributed by atoms with van der Waals surface area (Å²) in [5.74, 6) is 0.980. The van der Waals surface area contributed by atoms with Crippen molar-refractivity contribution in [2.75, 3.05) is 6.61 Å². The number of rotatable bonds is 2. The maximum Gasteiger partial charge on any atom is 0.0462 e. The van der Waals surface area contributed by atoms with Gasteiger partial charge in [-0.1, -0.05) is 25.1 Å². The molecule has 1 nitrogen and oxygen atoms in total. The van der Waals surface area contributed by atoms with Crippen LogP contribution >= 0.6 is 0 Å². The third-order valence-electron chi connectivity index (χ3n) is 3.53. The summed E-state index contributed by atoms with van der Waals surface area (Å²) in [6.07, 6.45) is 2.40. The Balaban J connectivity index is 2.35. The van der Waals surface area contributed by atoms with Crippen LogP contribution in [-0.4, -0.2) is 11.7 Å². The number of hydrogen-bond donors (Lipinski definition) is 1. The Morgan fingerprint density at radius 2 is 2.29 bits per heavy atom. The van der Waals surface area contributed by atoms with Crippen LogP contribution in [0.5, 0.6) is 0 Å². The molecule has 0 spiro atoms. The van der Waals surface area contributed by atoms with Gasteiger partial charge in [0.1, 0.15) is 0 Å². The maximum absolute atomic E-state index is 9.19. The number of fused-ring (bicyclic) bond motifs is 1. The van der Waals surface area contributed by atoms with Crippen molar-refractivity contribution in [2.45, 2.75) is 32.6 Å². The summed E-state index contributed by atoms with van der Waals surface area (Å²) in [5, 5.41) is 9.19. The Bertz CT molecular complexity index is 330. The summed E-state index contributed by atoms with van der Waals surface area (Å²) < 4.78 is 0. The zero-order valence-electron chi connectivity index (χ0n) is 8.96. The van der Waals surface area contributed by atoms with Crippen LogP contribution in [0.1, 0.15) is 36.0 Å². The van der Waals surface area contributed by atoms with Crippen molar-refractivity contribution in [3.8, 4) is 0 Å². The molecule has 2 atom stereocenters. The molecular formula is C13H18O. The summed E-state index contributed by atoms with van der Waals surface area (Å²) in [4.78, 5) is 0. The van der Waals surface area contributed by atoms with Crippen molar-refractivity contribution in [1.29, 1.82) is 0 Å². The van der Waals surface area contributed by atoms with E-state index >= 15 is 0 Å². The van der Waals surface area contributed by atoms with Gasteiger partial charge in [-0.3, -0.25) is 0 Å². The Hall–Kier alpha value is -0.820. The van der Waals surface area contributed by atoms with Gasteiger partial charge in [0.25, 0.3) is 0 Å². The van der Waals surface area contributed by atoms with Gasteiger partial charge in [0.05, 0.1) is 0 Å². The first-order valence-electron chi connectivity index (χ1n) is 5.43. The predicted octanol–water partition coefficient (Wildman–Crippen LogP) is 2.65. The van der Waals surface area contributed by atoms with E-state index in [2.05, 4.69) is 32.0 Å². The van der Waals surface area contributed by atoms with Gasteiger partial charge >= 0.3 is 0 Å². The average molecular weight is 190 g/mol. The fourth-order valence-corrected chi connectivity index (χ4v) is 2.59. The lowest BCUT2D eigenvalue weighted by molar-refractivity contribution is 0.215. The molecule has 1 heteroatoms. The molecule has 0 aromatic heterocycles. The van der Waals surface area contributed by atoms with E-state index < -0.39 is 0 Å². The molecule has 0 fully saturated rings. The van der Waals surface area contributed by atoms with Crippen LogP contribution in [0.2, 0.25) is 0 Å². The molecular weight excluding hydrogens is 172 g/mol. The van der Waals surface area contributed by atoms with Crippen molar-refractivity contribution in [2.24, 2.45) is 5.92 Å². The lowest BCUT2D eigenvalue weighted by atomic mass is 9.89. The van der Waals surface area contributed by atoms with E-state index in [0.29, 0.717) is 18.4 Å². The van der Waals surface area contributed by atoms with E-state index in [1.807, 2.05) is 0 Å². The molecule has 0 heterocycles. The van der Waals surface area contributed by atoms with Crippen LogP contribution < -0.4 is 0 Å². The van der Waals surface area contributed by atoms with Gasteiger partial charge in [0.2, 0.25) is 0 Å². The lowest BCUT2D eigenvalue weighted by Gasteiger charge is -2.18. The SMILES string of the molecule is Cc1cccc2c1CCC2C(C)CO. The minimum atomic E-state index is 0.304. The fraction of sp³-hybridized carbons (Fsp3) is 0.538. The van der Waals surface area contributed by atoms with E-state index in [1.165, 1.54) is 29.5 Å². The van der Waals surface area contributed by atoms with Gasteiger partial charge in [0, 0.05) is 6.61 Å². The highest BCUT2D eigenvalue weighted by molar-refractivity contribution is 5.40. The highest BCUT2D eigenvalue weighted by Gasteiger charge is 2.27. The molecule has 1 aromatic carbocycles. The average Bonchev–Trinajstić information content (AvgIpc) is 2.62. The van der Waals surface area contributed by atoms with Crippen LogP contribution in [0.25, 0.3) is 0 Å². The minimum absolute atomic E-state index is 0.304. The molecule has 0 amide bonds. The van der Waals surface area contributed by atoms with Crippen molar-refractivity contribution >= 4 is 0 Å². The predicted molar refractivity (Wildman–Crippen MR) is 58.5 cm³/mol. The molecule has 1 aliphatic carbocycles. The smallest absolute Gasteiger partial charge is 0.0462 e. The second kappa shape index (κ2) is 3.74. The molecule has 0 radical (unpaired) electrons. The van der Waals surface area contributed by atoms with Crippen molar-refractivity contribution in [1.82, 2.24) is 0 Å². The van der Waals surface area contributed by atoms with Crippen LogP contribution in [0.3, 0.4) is 0 Å². The number of benzene rings is 1. The Labute approximate surface area is 85.8 Å². The van der Waals surface area contributed by atoms with Gasteiger partial charge in [-0.05, 0) is 48.3 Å².